The van der Waals surface area contributed by atoms with Crippen molar-refractivity contribution in [2.45, 2.75) is 18.8 Å². The Morgan fingerprint density at radius 2 is 1.93 bits per heavy atom. The van der Waals surface area contributed by atoms with Crippen LogP contribution in [-0.2, 0) is 0 Å². The zero-order valence-corrected chi connectivity index (χ0v) is 11.0. The summed E-state index contributed by atoms with van der Waals surface area (Å²) < 4.78 is 1.93. The molecule has 2 nitrogen and oxygen atoms in total. The van der Waals surface area contributed by atoms with Gasteiger partial charge in [-0.15, -0.1) is 0 Å². The number of hydrogen-bond donors (Lipinski definition) is 0. The van der Waals surface area contributed by atoms with Crippen LogP contribution in [-0.4, -0.2) is 9.97 Å². The summed E-state index contributed by atoms with van der Waals surface area (Å²) in [6.07, 6.45) is 2.45. The molecule has 2 aromatic rings. The van der Waals surface area contributed by atoms with Crippen molar-refractivity contribution in [3.8, 4) is 0 Å². The van der Waals surface area contributed by atoms with Gasteiger partial charge >= 0.3 is 0 Å². The van der Waals surface area contributed by atoms with Gasteiger partial charge in [0.1, 0.15) is 10.4 Å². The van der Waals surface area contributed by atoms with Crippen LogP contribution in [0.25, 0.3) is 10.9 Å². The number of halogens is 2. The summed E-state index contributed by atoms with van der Waals surface area (Å²) >= 11 is 7.03. The lowest BCUT2D eigenvalue weighted by molar-refractivity contribution is 0.937. The normalized spacial score (nSPS) is 15.9. The Kier molecular flexibility index (Phi) is 2.29. The molecule has 1 aromatic heterocycles. The molecule has 0 saturated heterocycles. The average Bonchev–Trinajstić information content (AvgIpc) is 3.02. The van der Waals surface area contributed by atoms with E-state index in [1.54, 1.807) is 0 Å². The Morgan fingerprint density at radius 1 is 1.13 bits per heavy atom. The van der Waals surface area contributed by atoms with Crippen LogP contribution in [0.2, 0.25) is 0 Å². The van der Waals surface area contributed by atoms with Crippen molar-refractivity contribution in [2.75, 3.05) is 0 Å². The maximum atomic E-state index is 4.61. The number of aromatic nitrogens is 2. The molecule has 0 bridgehead atoms. The lowest BCUT2D eigenvalue weighted by atomic mass is 10.2. The number of rotatable bonds is 1. The van der Waals surface area contributed by atoms with Crippen LogP contribution in [0.3, 0.4) is 0 Å². The average molecular weight is 328 g/mol. The molecule has 0 spiro atoms. The molecule has 0 unspecified atom stereocenters. The van der Waals surface area contributed by atoms with Crippen LogP contribution in [0.15, 0.2) is 27.3 Å². The Morgan fingerprint density at radius 3 is 2.67 bits per heavy atom. The van der Waals surface area contributed by atoms with E-state index in [1.165, 1.54) is 12.8 Å². The van der Waals surface area contributed by atoms with Gasteiger partial charge in [-0.3, -0.25) is 0 Å². The summed E-state index contributed by atoms with van der Waals surface area (Å²) in [7, 11) is 0. The minimum atomic E-state index is 0.581. The van der Waals surface area contributed by atoms with E-state index < -0.39 is 0 Å². The molecular weight excluding hydrogens is 320 g/mol. The van der Waals surface area contributed by atoms with Gasteiger partial charge in [0, 0.05) is 15.8 Å². The van der Waals surface area contributed by atoms with Gasteiger partial charge in [0.25, 0.3) is 0 Å². The molecule has 1 heterocycles. The number of hydrogen-bond acceptors (Lipinski definition) is 2. The molecule has 0 atom stereocenters. The summed E-state index contributed by atoms with van der Waals surface area (Å²) in [4.78, 5) is 9.10. The lowest BCUT2D eigenvalue weighted by Crippen LogP contribution is -1.94. The predicted octanol–water partition coefficient (Wildman–Crippen LogP) is 4.03. The van der Waals surface area contributed by atoms with Crippen molar-refractivity contribution in [2.24, 2.45) is 0 Å². The van der Waals surface area contributed by atoms with Gasteiger partial charge in [-0.2, -0.15) is 0 Å². The topological polar surface area (TPSA) is 25.8 Å². The Balaban J connectivity index is 2.32. The first-order chi connectivity index (χ1) is 7.25. The van der Waals surface area contributed by atoms with Crippen LogP contribution in [0.1, 0.15) is 24.6 Å². The number of benzene rings is 1. The van der Waals surface area contributed by atoms with E-state index >= 15 is 0 Å². The molecule has 0 N–H and O–H groups in total. The molecule has 0 radical (unpaired) electrons. The summed E-state index contributed by atoms with van der Waals surface area (Å²) in [6, 6.07) is 6.04. The van der Waals surface area contributed by atoms with Crippen LogP contribution in [0, 0.1) is 0 Å². The Hall–Kier alpha value is -0.480. The van der Waals surface area contributed by atoms with Crippen molar-refractivity contribution >= 4 is 42.8 Å². The molecule has 76 valence electrons. The van der Waals surface area contributed by atoms with E-state index in [-0.39, 0.29) is 0 Å². The summed E-state index contributed by atoms with van der Waals surface area (Å²) in [5.74, 6) is 1.55. The van der Waals surface area contributed by atoms with E-state index in [9.17, 15) is 0 Å². The maximum Gasteiger partial charge on any atom is 0.133 e. The van der Waals surface area contributed by atoms with E-state index in [0.29, 0.717) is 5.92 Å². The van der Waals surface area contributed by atoms with Crippen LogP contribution >= 0.6 is 31.9 Å². The third kappa shape index (κ3) is 1.70. The zero-order valence-electron chi connectivity index (χ0n) is 7.87. The van der Waals surface area contributed by atoms with Gasteiger partial charge in [-0.1, -0.05) is 6.07 Å². The molecule has 1 aliphatic carbocycles. The van der Waals surface area contributed by atoms with Crippen LogP contribution in [0.4, 0.5) is 0 Å². The van der Waals surface area contributed by atoms with Crippen LogP contribution in [0.5, 0.6) is 0 Å². The molecule has 1 fully saturated rings. The maximum absolute atomic E-state index is 4.61. The minimum Gasteiger partial charge on any atom is -0.231 e. The zero-order chi connectivity index (χ0) is 10.4. The second-order valence-corrected chi connectivity index (χ2v) is 5.39. The fourth-order valence-corrected chi connectivity index (χ4v) is 2.58. The molecule has 15 heavy (non-hydrogen) atoms. The van der Waals surface area contributed by atoms with Gasteiger partial charge in [0.2, 0.25) is 0 Å². The third-order valence-electron chi connectivity index (χ3n) is 2.59. The van der Waals surface area contributed by atoms with Crippen molar-refractivity contribution in [3.63, 3.8) is 0 Å². The number of para-hydroxylation sites is 1. The van der Waals surface area contributed by atoms with Crippen LogP contribution < -0.4 is 0 Å². The molecule has 1 aromatic carbocycles. The fraction of sp³-hybridized carbons (Fsp3) is 0.273. The summed E-state index contributed by atoms with van der Waals surface area (Å²) in [6.45, 7) is 0. The highest BCUT2D eigenvalue weighted by Crippen LogP contribution is 2.40. The SMILES string of the molecule is Brc1nc(C2CC2)nc2c(Br)cccc12. The summed E-state index contributed by atoms with van der Waals surface area (Å²) in [5, 5.41) is 1.06. The minimum absolute atomic E-state index is 0.581. The first kappa shape index (κ1) is 9.73. The molecule has 0 aliphatic heterocycles. The molecular formula is C11H8Br2N2. The largest absolute Gasteiger partial charge is 0.231 e. The highest BCUT2D eigenvalue weighted by molar-refractivity contribution is 9.11. The highest BCUT2D eigenvalue weighted by Gasteiger charge is 2.27. The quantitative estimate of drug-likeness (QED) is 0.739. The van der Waals surface area contributed by atoms with Gasteiger partial charge in [-0.05, 0) is 56.8 Å². The lowest BCUT2D eigenvalue weighted by Gasteiger charge is -2.04. The van der Waals surface area contributed by atoms with Crippen molar-refractivity contribution in [1.82, 2.24) is 9.97 Å². The van der Waals surface area contributed by atoms with Gasteiger partial charge < -0.3 is 0 Å². The van der Waals surface area contributed by atoms with E-state index in [4.69, 9.17) is 0 Å². The first-order valence-electron chi connectivity index (χ1n) is 4.87. The van der Waals surface area contributed by atoms with E-state index in [2.05, 4.69) is 41.8 Å². The number of fused-ring (bicyclic) bond motifs is 1. The van der Waals surface area contributed by atoms with Gasteiger partial charge in [-0.25, -0.2) is 9.97 Å². The molecule has 3 rings (SSSR count). The second kappa shape index (κ2) is 3.52. The molecule has 1 aliphatic rings. The molecule has 4 heteroatoms. The second-order valence-electron chi connectivity index (χ2n) is 3.78. The van der Waals surface area contributed by atoms with Crippen molar-refractivity contribution < 1.29 is 0 Å². The monoisotopic (exact) mass is 326 g/mol. The van der Waals surface area contributed by atoms with E-state index in [0.717, 1.165) is 25.8 Å². The smallest absolute Gasteiger partial charge is 0.133 e. The van der Waals surface area contributed by atoms with Crippen molar-refractivity contribution in [1.29, 1.82) is 0 Å². The summed E-state index contributed by atoms with van der Waals surface area (Å²) in [5.41, 5.74) is 1.00. The third-order valence-corrected chi connectivity index (χ3v) is 3.83. The molecule has 1 saturated carbocycles. The Labute approximate surface area is 104 Å². The van der Waals surface area contributed by atoms with Gasteiger partial charge in [0.15, 0.2) is 0 Å². The standard InChI is InChI=1S/C11H8Br2N2/c12-8-3-1-2-7-9(8)14-11(6-4-5-6)15-10(7)13/h1-3,6H,4-5H2. The first-order valence-corrected chi connectivity index (χ1v) is 6.46. The fourth-order valence-electron chi connectivity index (χ4n) is 1.62. The van der Waals surface area contributed by atoms with Gasteiger partial charge in [0.05, 0.1) is 5.52 Å². The van der Waals surface area contributed by atoms with Crippen molar-refractivity contribution in [3.05, 3.63) is 33.1 Å². The highest BCUT2D eigenvalue weighted by atomic mass is 79.9. The number of nitrogens with zero attached hydrogens (tertiary/aromatic N) is 2. The predicted molar refractivity (Wildman–Crippen MR) is 66.9 cm³/mol. The Bertz CT molecular complexity index is 535. The van der Waals surface area contributed by atoms with E-state index in [1.807, 2.05) is 18.2 Å². The molecule has 0 amide bonds.